The van der Waals surface area contributed by atoms with Gasteiger partial charge in [-0.15, -0.1) is 0 Å². The van der Waals surface area contributed by atoms with Gasteiger partial charge in [0.2, 0.25) is 11.8 Å². The van der Waals surface area contributed by atoms with E-state index in [-0.39, 0.29) is 11.8 Å². The van der Waals surface area contributed by atoms with Crippen molar-refractivity contribution in [1.29, 1.82) is 0 Å². The van der Waals surface area contributed by atoms with Crippen molar-refractivity contribution in [3.63, 3.8) is 0 Å². The number of unbranched alkanes of at least 4 members (excludes halogenated alkanes) is 3. The van der Waals surface area contributed by atoms with Crippen LogP contribution in [0.3, 0.4) is 0 Å². The average Bonchev–Trinajstić information content (AvgIpc) is 2.84. The topological polar surface area (TPSA) is 101 Å². The van der Waals surface area contributed by atoms with Gasteiger partial charge in [0.05, 0.1) is 25.6 Å². The standard InChI is InChI=1S/C26H34N4O4/c1-3-33-23-15-11-21(12-16-23)19-27-29-25(31)9-7-5-6-8-10-26(32)30-28-20-22-13-17-24(18-14-22)34-4-2/h11-20H,3-10H2,1-2H3,(H,29,31)(H,30,32). The Morgan fingerprint density at radius 3 is 1.41 bits per heavy atom. The molecule has 0 aromatic heterocycles. The van der Waals surface area contributed by atoms with Crippen molar-refractivity contribution < 1.29 is 19.1 Å². The molecular weight excluding hydrogens is 432 g/mol. The number of ether oxygens (including phenoxy) is 2. The van der Waals surface area contributed by atoms with Gasteiger partial charge in [0.15, 0.2) is 0 Å². The molecule has 0 bridgehead atoms. The van der Waals surface area contributed by atoms with Crippen molar-refractivity contribution in [3.8, 4) is 11.5 Å². The first kappa shape index (κ1) is 26.6. The minimum atomic E-state index is -0.122. The van der Waals surface area contributed by atoms with E-state index < -0.39 is 0 Å². The first-order valence-corrected chi connectivity index (χ1v) is 11.7. The fraction of sp³-hybridized carbons (Fsp3) is 0.385. The highest BCUT2D eigenvalue weighted by atomic mass is 16.5. The molecule has 2 amide bonds. The molecule has 0 spiro atoms. The third-order valence-electron chi connectivity index (χ3n) is 4.75. The molecule has 0 aliphatic heterocycles. The van der Waals surface area contributed by atoms with Crippen molar-refractivity contribution >= 4 is 24.2 Å². The molecule has 0 saturated carbocycles. The lowest BCUT2D eigenvalue weighted by atomic mass is 10.1. The molecule has 182 valence electrons. The van der Waals surface area contributed by atoms with Crippen molar-refractivity contribution in [1.82, 2.24) is 10.9 Å². The number of nitrogens with one attached hydrogen (secondary N) is 2. The van der Waals surface area contributed by atoms with Gasteiger partial charge in [-0.25, -0.2) is 10.9 Å². The van der Waals surface area contributed by atoms with E-state index in [1.165, 1.54) is 0 Å². The van der Waals surface area contributed by atoms with Gasteiger partial charge in [-0.2, -0.15) is 10.2 Å². The van der Waals surface area contributed by atoms with E-state index in [0.717, 1.165) is 48.3 Å². The van der Waals surface area contributed by atoms with E-state index in [1.807, 2.05) is 62.4 Å². The van der Waals surface area contributed by atoms with Gasteiger partial charge in [-0.3, -0.25) is 9.59 Å². The number of benzene rings is 2. The zero-order chi connectivity index (χ0) is 24.4. The highest BCUT2D eigenvalue weighted by molar-refractivity contribution is 5.83. The van der Waals surface area contributed by atoms with Crippen molar-refractivity contribution in [2.75, 3.05) is 13.2 Å². The molecule has 34 heavy (non-hydrogen) atoms. The quantitative estimate of drug-likeness (QED) is 0.230. The number of hydrazone groups is 2. The summed E-state index contributed by atoms with van der Waals surface area (Å²) >= 11 is 0. The minimum Gasteiger partial charge on any atom is -0.494 e. The molecule has 2 rings (SSSR count). The van der Waals surface area contributed by atoms with Crippen LogP contribution in [0.4, 0.5) is 0 Å². The molecule has 0 radical (unpaired) electrons. The molecular formula is C26H34N4O4. The second-order valence-electron chi connectivity index (χ2n) is 7.50. The summed E-state index contributed by atoms with van der Waals surface area (Å²) < 4.78 is 10.8. The minimum absolute atomic E-state index is 0.122. The largest absolute Gasteiger partial charge is 0.494 e. The predicted octanol–water partition coefficient (Wildman–Crippen LogP) is 4.43. The Kier molecular flexibility index (Phi) is 12.5. The lowest BCUT2D eigenvalue weighted by molar-refractivity contribution is -0.122. The monoisotopic (exact) mass is 466 g/mol. The first-order chi connectivity index (χ1) is 16.6. The maximum absolute atomic E-state index is 11.9. The van der Waals surface area contributed by atoms with Crippen LogP contribution in [0, 0.1) is 0 Å². The van der Waals surface area contributed by atoms with Crippen LogP contribution in [0.5, 0.6) is 11.5 Å². The third kappa shape index (κ3) is 11.3. The van der Waals surface area contributed by atoms with E-state index in [2.05, 4.69) is 21.1 Å². The maximum atomic E-state index is 11.9. The Bertz CT molecular complexity index is 847. The fourth-order valence-corrected chi connectivity index (χ4v) is 3.03. The van der Waals surface area contributed by atoms with Crippen LogP contribution < -0.4 is 20.3 Å². The van der Waals surface area contributed by atoms with Gasteiger partial charge in [0.1, 0.15) is 11.5 Å². The van der Waals surface area contributed by atoms with Crippen LogP contribution in [0.1, 0.15) is 63.5 Å². The van der Waals surface area contributed by atoms with Crippen LogP contribution >= 0.6 is 0 Å². The molecule has 0 aliphatic carbocycles. The highest BCUT2D eigenvalue weighted by Gasteiger charge is 2.02. The summed E-state index contributed by atoms with van der Waals surface area (Å²) in [6.07, 6.45) is 7.26. The molecule has 0 heterocycles. The van der Waals surface area contributed by atoms with Crippen LogP contribution in [0.25, 0.3) is 0 Å². The number of carbonyl (C=O) groups is 2. The zero-order valence-electron chi connectivity index (χ0n) is 20.0. The number of nitrogens with zero attached hydrogens (tertiary/aromatic N) is 2. The molecule has 0 aliphatic rings. The Morgan fingerprint density at radius 1 is 0.676 bits per heavy atom. The lowest BCUT2D eigenvalue weighted by Gasteiger charge is -2.03. The summed E-state index contributed by atoms with van der Waals surface area (Å²) in [6, 6.07) is 15.0. The van der Waals surface area contributed by atoms with E-state index >= 15 is 0 Å². The van der Waals surface area contributed by atoms with Gasteiger partial charge in [0.25, 0.3) is 0 Å². The molecule has 0 atom stereocenters. The Morgan fingerprint density at radius 2 is 1.06 bits per heavy atom. The van der Waals surface area contributed by atoms with Crippen molar-refractivity contribution in [2.45, 2.75) is 52.4 Å². The fourth-order valence-electron chi connectivity index (χ4n) is 3.03. The number of rotatable bonds is 15. The molecule has 2 N–H and O–H groups in total. The molecule has 0 fully saturated rings. The first-order valence-electron chi connectivity index (χ1n) is 11.7. The summed E-state index contributed by atoms with van der Waals surface area (Å²) in [5.41, 5.74) is 6.84. The highest BCUT2D eigenvalue weighted by Crippen LogP contribution is 2.11. The summed E-state index contributed by atoms with van der Waals surface area (Å²) in [5.74, 6) is 1.36. The van der Waals surface area contributed by atoms with E-state index in [4.69, 9.17) is 9.47 Å². The number of hydrogen-bond acceptors (Lipinski definition) is 6. The van der Waals surface area contributed by atoms with Gasteiger partial charge >= 0.3 is 0 Å². The number of amides is 2. The molecule has 2 aromatic rings. The summed E-state index contributed by atoms with van der Waals surface area (Å²) in [7, 11) is 0. The predicted molar refractivity (Wildman–Crippen MR) is 134 cm³/mol. The molecule has 8 heteroatoms. The smallest absolute Gasteiger partial charge is 0.240 e. The van der Waals surface area contributed by atoms with Crippen LogP contribution in [0.15, 0.2) is 58.7 Å². The van der Waals surface area contributed by atoms with Crippen LogP contribution in [-0.2, 0) is 9.59 Å². The van der Waals surface area contributed by atoms with Crippen LogP contribution in [0.2, 0.25) is 0 Å². The maximum Gasteiger partial charge on any atom is 0.240 e. The van der Waals surface area contributed by atoms with Gasteiger partial charge in [-0.05, 0) is 86.3 Å². The van der Waals surface area contributed by atoms with E-state index in [0.29, 0.717) is 26.1 Å². The van der Waals surface area contributed by atoms with Gasteiger partial charge in [-0.1, -0.05) is 12.8 Å². The molecule has 0 saturated heterocycles. The lowest BCUT2D eigenvalue weighted by Crippen LogP contribution is -2.17. The summed E-state index contributed by atoms with van der Waals surface area (Å²) in [5, 5.41) is 7.96. The SMILES string of the molecule is CCOc1ccc(C=NNC(=O)CCCCCCC(=O)NN=Cc2ccc(OCC)cc2)cc1. The van der Waals surface area contributed by atoms with E-state index in [9.17, 15) is 9.59 Å². The van der Waals surface area contributed by atoms with Gasteiger partial charge in [0, 0.05) is 12.8 Å². The third-order valence-corrected chi connectivity index (χ3v) is 4.75. The zero-order valence-corrected chi connectivity index (χ0v) is 20.0. The molecule has 2 aromatic carbocycles. The Balaban J connectivity index is 1.51. The Hall–Kier alpha value is -3.68. The second-order valence-corrected chi connectivity index (χ2v) is 7.50. The van der Waals surface area contributed by atoms with E-state index in [1.54, 1.807) is 12.4 Å². The number of hydrogen-bond donors (Lipinski definition) is 2. The summed E-state index contributed by atoms with van der Waals surface area (Å²) in [4.78, 5) is 23.7. The Labute approximate surface area is 201 Å². The van der Waals surface area contributed by atoms with Gasteiger partial charge < -0.3 is 9.47 Å². The molecule has 0 unspecified atom stereocenters. The van der Waals surface area contributed by atoms with Crippen molar-refractivity contribution in [2.24, 2.45) is 10.2 Å². The van der Waals surface area contributed by atoms with Crippen molar-refractivity contribution in [3.05, 3.63) is 59.7 Å². The second kappa shape index (κ2) is 16.0. The normalized spacial score (nSPS) is 11.0. The van der Waals surface area contributed by atoms with Crippen LogP contribution in [-0.4, -0.2) is 37.5 Å². The molecule has 8 nitrogen and oxygen atoms in total. The summed E-state index contributed by atoms with van der Waals surface area (Å²) in [6.45, 7) is 5.11. The average molecular weight is 467 g/mol. The number of carbonyl (C=O) groups excluding carboxylic acids is 2.